The molecule has 0 unspecified atom stereocenters. The first kappa shape index (κ1) is 18.6. The number of hydrogen-bond donors (Lipinski definition) is 0. The Morgan fingerprint density at radius 2 is 1.64 bits per heavy atom. The van der Waals surface area contributed by atoms with Crippen LogP contribution in [0.25, 0.3) is 0 Å². The summed E-state index contributed by atoms with van der Waals surface area (Å²) in [5, 5.41) is 8.71. The lowest BCUT2D eigenvalue weighted by Crippen LogP contribution is -2.09. The molecule has 132 valence electrons. The number of nitrogens with zero attached hydrogens (tertiary/aromatic N) is 1. The second-order valence-corrected chi connectivity index (χ2v) is 5.11. The van der Waals surface area contributed by atoms with E-state index in [4.69, 9.17) is 10.00 Å². The fourth-order valence-electron chi connectivity index (χ4n) is 2.14. The summed E-state index contributed by atoms with van der Waals surface area (Å²) < 4.78 is 81.6. The maximum absolute atomic E-state index is 12.8. The van der Waals surface area contributed by atoms with E-state index in [-0.39, 0.29) is 18.8 Å². The van der Waals surface area contributed by atoms with E-state index in [1.807, 2.05) is 0 Å². The van der Waals surface area contributed by atoms with Gasteiger partial charge in [-0.05, 0) is 29.8 Å². The van der Waals surface area contributed by atoms with Crippen molar-refractivity contribution in [2.24, 2.45) is 0 Å². The fraction of sp³-hybridized carbons (Fsp3) is 0.235. The number of hydrogen-bond acceptors (Lipinski definition) is 2. The van der Waals surface area contributed by atoms with Gasteiger partial charge in [-0.15, -0.1) is 0 Å². The Balaban J connectivity index is 2.07. The first-order valence-electron chi connectivity index (χ1n) is 7.01. The molecule has 0 amide bonds. The van der Waals surface area contributed by atoms with Crippen LogP contribution in [-0.4, -0.2) is 6.61 Å². The second kappa shape index (κ2) is 7.05. The molecule has 0 spiro atoms. The maximum atomic E-state index is 12.8. The molecule has 2 aromatic carbocycles. The molecule has 8 heteroatoms. The zero-order valence-corrected chi connectivity index (χ0v) is 12.6. The van der Waals surface area contributed by atoms with Gasteiger partial charge in [-0.1, -0.05) is 18.2 Å². The van der Waals surface area contributed by atoms with Crippen molar-refractivity contribution in [1.29, 1.82) is 5.26 Å². The van der Waals surface area contributed by atoms with Crippen LogP contribution in [0.1, 0.15) is 22.3 Å². The van der Waals surface area contributed by atoms with E-state index in [2.05, 4.69) is 0 Å². The Morgan fingerprint density at radius 3 is 2.24 bits per heavy atom. The van der Waals surface area contributed by atoms with Crippen LogP contribution in [0.15, 0.2) is 42.5 Å². The van der Waals surface area contributed by atoms with E-state index < -0.39 is 29.0 Å². The minimum absolute atomic E-state index is 0.0886. The highest BCUT2D eigenvalue weighted by Crippen LogP contribution is 2.34. The van der Waals surface area contributed by atoms with E-state index in [1.54, 1.807) is 0 Å². The largest absolute Gasteiger partial charge is 0.493 e. The Kier molecular flexibility index (Phi) is 5.26. The van der Waals surface area contributed by atoms with Crippen LogP contribution in [0.2, 0.25) is 0 Å². The first-order valence-corrected chi connectivity index (χ1v) is 7.01. The topological polar surface area (TPSA) is 33.0 Å². The van der Waals surface area contributed by atoms with Gasteiger partial charge in [0, 0.05) is 6.42 Å². The van der Waals surface area contributed by atoms with Gasteiger partial charge in [0.05, 0.1) is 29.4 Å². The number of nitriles is 1. The highest BCUT2D eigenvalue weighted by atomic mass is 19.4. The van der Waals surface area contributed by atoms with Gasteiger partial charge in [-0.25, -0.2) is 0 Å². The van der Waals surface area contributed by atoms with Crippen molar-refractivity contribution in [3.05, 3.63) is 64.7 Å². The van der Waals surface area contributed by atoms with Crippen molar-refractivity contribution in [1.82, 2.24) is 0 Å². The van der Waals surface area contributed by atoms with Gasteiger partial charge in [0.1, 0.15) is 5.75 Å². The minimum atomic E-state index is -4.70. The molecule has 2 aromatic rings. The number of alkyl halides is 6. The molecular formula is C17H11F6NO. The Hall–Kier alpha value is -2.69. The van der Waals surface area contributed by atoms with Crippen LogP contribution in [0.4, 0.5) is 26.3 Å². The third-order valence-electron chi connectivity index (χ3n) is 3.33. The van der Waals surface area contributed by atoms with Crippen LogP contribution in [0.3, 0.4) is 0 Å². The van der Waals surface area contributed by atoms with Gasteiger partial charge in [0.15, 0.2) is 0 Å². The summed E-state index contributed by atoms with van der Waals surface area (Å²) in [6.07, 6.45) is -9.08. The summed E-state index contributed by atoms with van der Waals surface area (Å²) in [5.74, 6) is -0.113. The van der Waals surface area contributed by atoms with E-state index in [9.17, 15) is 26.3 Å². The van der Waals surface area contributed by atoms with Gasteiger partial charge in [0.2, 0.25) is 0 Å². The van der Waals surface area contributed by atoms with Gasteiger partial charge < -0.3 is 4.74 Å². The highest BCUT2D eigenvalue weighted by molar-refractivity contribution is 5.44. The lowest BCUT2D eigenvalue weighted by atomic mass is 10.1. The van der Waals surface area contributed by atoms with Crippen molar-refractivity contribution in [3.8, 4) is 11.8 Å². The smallest absolute Gasteiger partial charge is 0.417 e. The van der Waals surface area contributed by atoms with Crippen LogP contribution in [-0.2, 0) is 18.8 Å². The maximum Gasteiger partial charge on any atom is 0.417 e. The van der Waals surface area contributed by atoms with Crippen molar-refractivity contribution >= 4 is 0 Å². The molecule has 0 saturated carbocycles. The summed E-state index contributed by atoms with van der Waals surface area (Å²) in [7, 11) is 0. The van der Waals surface area contributed by atoms with E-state index in [0.717, 1.165) is 18.2 Å². The molecule has 0 aromatic heterocycles. The molecule has 0 aliphatic carbocycles. The number of benzene rings is 2. The van der Waals surface area contributed by atoms with Crippen molar-refractivity contribution in [3.63, 3.8) is 0 Å². The number of halogens is 6. The number of rotatable bonds is 4. The molecule has 0 fully saturated rings. The SMILES string of the molecule is N#Cc1ccc(OCCc2cccc(C(F)(F)F)c2)cc1C(F)(F)F. The normalized spacial score (nSPS) is 11.9. The fourth-order valence-corrected chi connectivity index (χ4v) is 2.14. The molecule has 0 saturated heterocycles. The number of ether oxygens (including phenoxy) is 1. The predicted octanol–water partition coefficient (Wildman–Crippen LogP) is 5.22. The van der Waals surface area contributed by atoms with Crippen LogP contribution >= 0.6 is 0 Å². The lowest BCUT2D eigenvalue weighted by Gasteiger charge is -2.12. The Bertz CT molecular complexity index is 789. The van der Waals surface area contributed by atoms with Crippen molar-refractivity contribution < 1.29 is 31.1 Å². The molecule has 0 radical (unpaired) electrons. The molecule has 0 N–H and O–H groups in total. The molecule has 0 bridgehead atoms. The molecule has 25 heavy (non-hydrogen) atoms. The molecule has 0 atom stereocenters. The Morgan fingerprint density at radius 1 is 0.920 bits per heavy atom. The van der Waals surface area contributed by atoms with E-state index in [1.165, 1.54) is 24.3 Å². The standard InChI is InChI=1S/C17H11F6NO/c18-16(19,20)13-3-1-2-11(8-13)6-7-25-14-5-4-12(10-24)15(9-14)17(21,22)23/h1-5,8-9H,6-7H2. The van der Waals surface area contributed by atoms with Crippen LogP contribution in [0, 0.1) is 11.3 Å². The second-order valence-electron chi connectivity index (χ2n) is 5.11. The summed E-state index contributed by atoms with van der Waals surface area (Å²) >= 11 is 0. The van der Waals surface area contributed by atoms with Crippen molar-refractivity contribution in [2.45, 2.75) is 18.8 Å². The summed E-state index contributed by atoms with van der Waals surface area (Å²) in [4.78, 5) is 0. The quantitative estimate of drug-likeness (QED) is 0.702. The first-order chi connectivity index (χ1) is 11.6. The summed E-state index contributed by atoms with van der Waals surface area (Å²) in [6, 6.07) is 8.96. The third-order valence-corrected chi connectivity index (χ3v) is 3.33. The monoisotopic (exact) mass is 359 g/mol. The summed E-state index contributed by atoms with van der Waals surface area (Å²) in [6.45, 7) is -0.107. The van der Waals surface area contributed by atoms with Gasteiger partial charge in [-0.2, -0.15) is 31.6 Å². The van der Waals surface area contributed by atoms with Gasteiger partial charge in [0.25, 0.3) is 0 Å². The molecular weight excluding hydrogens is 348 g/mol. The molecule has 0 heterocycles. The van der Waals surface area contributed by atoms with Gasteiger partial charge in [-0.3, -0.25) is 0 Å². The molecule has 0 aliphatic rings. The zero-order valence-electron chi connectivity index (χ0n) is 12.6. The molecule has 2 nitrogen and oxygen atoms in total. The average molecular weight is 359 g/mol. The third kappa shape index (κ3) is 4.89. The van der Waals surface area contributed by atoms with E-state index in [0.29, 0.717) is 11.6 Å². The van der Waals surface area contributed by atoms with Crippen molar-refractivity contribution in [2.75, 3.05) is 6.61 Å². The van der Waals surface area contributed by atoms with Crippen LogP contribution < -0.4 is 4.74 Å². The highest BCUT2D eigenvalue weighted by Gasteiger charge is 2.34. The zero-order chi connectivity index (χ0) is 18.7. The molecule has 0 aliphatic heterocycles. The average Bonchev–Trinajstić information content (AvgIpc) is 2.53. The van der Waals surface area contributed by atoms with E-state index >= 15 is 0 Å². The lowest BCUT2D eigenvalue weighted by molar-refractivity contribution is -0.138. The molecule has 2 rings (SSSR count). The Labute approximate surface area is 139 Å². The summed E-state index contributed by atoms with van der Waals surface area (Å²) in [5.41, 5.74) is -2.11. The predicted molar refractivity (Wildman–Crippen MR) is 76.8 cm³/mol. The van der Waals surface area contributed by atoms with Gasteiger partial charge >= 0.3 is 12.4 Å². The van der Waals surface area contributed by atoms with Crippen LogP contribution in [0.5, 0.6) is 5.75 Å². The minimum Gasteiger partial charge on any atom is -0.493 e.